The van der Waals surface area contributed by atoms with E-state index in [4.69, 9.17) is 11.6 Å². The van der Waals surface area contributed by atoms with E-state index in [0.717, 1.165) is 6.42 Å². The van der Waals surface area contributed by atoms with Crippen molar-refractivity contribution in [3.8, 4) is 5.75 Å². The predicted octanol–water partition coefficient (Wildman–Crippen LogP) is 2.88. The molecule has 0 fully saturated rings. The van der Waals surface area contributed by atoms with Gasteiger partial charge in [-0.1, -0.05) is 18.5 Å². The zero-order chi connectivity index (χ0) is 14.3. The maximum atomic E-state index is 12.0. The summed E-state index contributed by atoms with van der Waals surface area (Å²) in [5.74, 6) is -0.247. The normalized spacial score (nSPS) is 10.4. The highest BCUT2D eigenvalue weighted by Gasteiger charge is 2.09. The van der Waals surface area contributed by atoms with E-state index in [1.165, 1.54) is 18.2 Å². The summed E-state index contributed by atoms with van der Waals surface area (Å²) in [7, 11) is 0. The van der Waals surface area contributed by atoms with Gasteiger partial charge < -0.3 is 15.4 Å². The molecule has 0 atom stereocenters. The Kier molecular flexibility index (Phi) is 6.35. The second-order valence-corrected chi connectivity index (χ2v) is 4.13. The molecule has 0 aliphatic rings. The van der Waals surface area contributed by atoms with Crippen molar-refractivity contribution in [3.05, 3.63) is 23.2 Å². The van der Waals surface area contributed by atoms with Crippen molar-refractivity contribution in [3.63, 3.8) is 0 Å². The smallest absolute Gasteiger partial charge is 0.387 e. The van der Waals surface area contributed by atoms with E-state index in [-0.39, 0.29) is 23.2 Å². The second kappa shape index (κ2) is 7.78. The number of hydrogen-bond acceptors (Lipinski definition) is 3. The summed E-state index contributed by atoms with van der Waals surface area (Å²) in [5, 5.41) is 5.59. The summed E-state index contributed by atoms with van der Waals surface area (Å²) in [4.78, 5) is 11.3. The zero-order valence-corrected chi connectivity index (χ0v) is 11.1. The van der Waals surface area contributed by atoms with Crippen LogP contribution in [0.15, 0.2) is 18.2 Å². The molecule has 1 aromatic rings. The van der Waals surface area contributed by atoms with E-state index < -0.39 is 6.61 Å². The van der Waals surface area contributed by atoms with E-state index in [9.17, 15) is 13.6 Å². The SMILES string of the molecule is CCCNC(=O)CNc1ccc(OC(F)F)c(Cl)c1. The number of benzene rings is 1. The van der Waals surface area contributed by atoms with Crippen molar-refractivity contribution in [2.24, 2.45) is 0 Å². The second-order valence-electron chi connectivity index (χ2n) is 3.73. The molecular weight excluding hydrogens is 278 g/mol. The Bertz CT molecular complexity index is 430. The van der Waals surface area contributed by atoms with E-state index in [2.05, 4.69) is 15.4 Å². The molecule has 4 nitrogen and oxygen atoms in total. The van der Waals surface area contributed by atoms with Crippen LogP contribution in [0.3, 0.4) is 0 Å². The van der Waals surface area contributed by atoms with Gasteiger partial charge in [-0.05, 0) is 24.6 Å². The van der Waals surface area contributed by atoms with Crippen molar-refractivity contribution < 1.29 is 18.3 Å². The molecule has 0 saturated heterocycles. The van der Waals surface area contributed by atoms with Crippen molar-refractivity contribution in [1.82, 2.24) is 5.32 Å². The highest BCUT2D eigenvalue weighted by molar-refractivity contribution is 6.32. The Morgan fingerprint density at radius 3 is 2.79 bits per heavy atom. The molecule has 0 aliphatic carbocycles. The number of rotatable bonds is 7. The van der Waals surface area contributed by atoms with Crippen LogP contribution in [-0.2, 0) is 4.79 Å². The third-order valence-corrected chi connectivity index (χ3v) is 2.47. The minimum absolute atomic E-state index is 0.0549. The lowest BCUT2D eigenvalue weighted by molar-refractivity contribution is -0.119. The Balaban J connectivity index is 2.51. The topological polar surface area (TPSA) is 50.4 Å². The van der Waals surface area contributed by atoms with Crippen LogP contribution in [-0.4, -0.2) is 25.6 Å². The monoisotopic (exact) mass is 292 g/mol. The Labute approximate surface area is 115 Å². The van der Waals surface area contributed by atoms with Crippen LogP contribution in [0.4, 0.5) is 14.5 Å². The molecule has 0 heterocycles. The van der Waals surface area contributed by atoms with Gasteiger partial charge in [0, 0.05) is 12.2 Å². The number of carbonyl (C=O) groups excluding carboxylic acids is 1. The third-order valence-electron chi connectivity index (χ3n) is 2.17. The van der Waals surface area contributed by atoms with Crippen molar-refractivity contribution in [1.29, 1.82) is 0 Å². The van der Waals surface area contributed by atoms with Crippen LogP contribution in [0.25, 0.3) is 0 Å². The van der Waals surface area contributed by atoms with E-state index in [0.29, 0.717) is 12.2 Å². The number of hydrogen-bond donors (Lipinski definition) is 2. The quantitative estimate of drug-likeness (QED) is 0.812. The van der Waals surface area contributed by atoms with E-state index in [1.807, 2.05) is 6.92 Å². The molecule has 0 spiro atoms. The minimum Gasteiger partial charge on any atom is -0.433 e. The molecule has 0 aliphatic heterocycles. The van der Waals surface area contributed by atoms with Gasteiger partial charge in [0.2, 0.25) is 5.91 Å². The van der Waals surface area contributed by atoms with Crippen molar-refractivity contribution in [2.45, 2.75) is 20.0 Å². The first kappa shape index (κ1) is 15.5. The average Bonchev–Trinajstić information content (AvgIpc) is 2.36. The number of halogens is 3. The van der Waals surface area contributed by atoms with Crippen LogP contribution < -0.4 is 15.4 Å². The maximum Gasteiger partial charge on any atom is 0.387 e. The predicted molar refractivity (Wildman–Crippen MR) is 69.9 cm³/mol. The van der Waals surface area contributed by atoms with Gasteiger partial charge in [-0.2, -0.15) is 8.78 Å². The summed E-state index contributed by atoms with van der Waals surface area (Å²) >= 11 is 5.77. The fraction of sp³-hybridized carbons (Fsp3) is 0.417. The molecule has 7 heteroatoms. The van der Waals surface area contributed by atoms with Crippen LogP contribution in [0.5, 0.6) is 5.75 Å². The van der Waals surface area contributed by atoms with E-state index in [1.54, 1.807) is 0 Å². The highest BCUT2D eigenvalue weighted by Crippen LogP contribution is 2.28. The largest absolute Gasteiger partial charge is 0.433 e. The van der Waals surface area contributed by atoms with Gasteiger partial charge in [0.1, 0.15) is 5.75 Å². The summed E-state index contributed by atoms with van der Waals surface area (Å²) in [6, 6.07) is 4.25. The average molecular weight is 293 g/mol. The first-order valence-corrected chi connectivity index (χ1v) is 6.15. The standard InChI is InChI=1S/C12H15ClF2N2O2/c1-2-5-16-11(18)7-17-8-3-4-10(9(13)6-8)19-12(14)15/h3-4,6,12,17H,2,5,7H2,1H3,(H,16,18). The summed E-state index contributed by atoms with van der Waals surface area (Å²) < 4.78 is 28.3. The number of ether oxygens (including phenoxy) is 1. The summed E-state index contributed by atoms with van der Waals surface area (Å²) in [6.45, 7) is -0.264. The number of amides is 1. The molecule has 106 valence electrons. The molecule has 2 N–H and O–H groups in total. The summed E-state index contributed by atoms with van der Waals surface area (Å²) in [5.41, 5.74) is 0.554. The van der Waals surface area contributed by atoms with Gasteiger partial charge in [0.05, 0.1) is 11.6 Å². The van der Waals surface area contributed by atoms with Gasteiger partial charge in [0.25, 0.3) is 0 Å². The molecule has 1 rings (SSSR count). The minimum atomic E-state index is -2.92. The van der Waals surface area contributed by atoms with Crippen molar-refractivity contribution in [2.75, 3.05) is 18.4 Å². The molecule has 19 heavy (non-hydrogen) atoms. The van der Waals surface area contributed by atoms with Crippen LogP contribution >= 0.6 is 11.6 Å². The maximum absolute atomic E-state index is 12.0. The van der Waals surface area contributed by atoms with E-state index >= 15 is 0 Å². The summed E-state index contributed by atoms with van der Waals surface area (Å²) in [6.07, 6.45) is 0.858. The first-order valence-electron chi connectivity index (χ1n) is 5.78. The molecule has 1 amide bonds. The lowest BCUT2D eigenvalue weighted by atomic mass is 10.3. The Hall–Kier alpha value is -1.56. The number of carbonyl (C=O) groups is 1. The fourth-order valence-corrected chi connectivity index (χ4v) is 1.54. The molecular formula is C12H15ClF2N2O2. The number of nitrogens with one attached hydrogen (secondary N) is 2. The van der Waals surface area contributed by atoms with Gasteiger partial charge in [-0.3, -0.25) is 4.79 Å². The fourth-order valence-electron chi connectivity index (χ4n) is 1.31. The third kappa shape index (κ3) is 5.74. The van der Waals surface area contributed by atoms with Gasteiger partial charge in [0.15, 0.2) is 0 Å². The van der Waals surface area contributed by atoms with Gasteiger partial charge in [-0.25, -0.2) is 0 Å². The van der Waals surface area contributed by atoms with Crippen molar-refractivity contribution >= 4 is 23.2 Å². The number of anilines is 1. The molecule has 1 aromatic carbocycles. The molecule has 0 bridgehead atoms. The van der Waals surface area contributed by atoms with Gasteiger partial charge >= 0.3 is 6.61 Å². The highest BCUT2D eigenvalue weighted by atomic mass is 35.5. The van der Waals surface area contributed by atoms with Crippen LogP contribution in [0, 0.1) is 0 Å². The Morgan fingerprint density at radius 1 is 1.47 bits per heavy atom. The Morgan fingerprint density at radius 2 is 2.21 bits per heavy atom. The lowest BCUT2D eigenvalue weighted by Gasteiger charge is -2.10. The van der Waals surface area contributed by atoms with Crippen LogP contribution in [0.1, 0.15) is 13.3 Å². The zero-order valence-electron chi connectivity index (χ0n) is 10.4. The lowest BCUT2D eigenvalue weighted by Crippen LogP contribution is -2.30. The molecule has 0 saturated carbocycles. The molecule has 0 unspecified atom stereocenters. The number of alkyl halides is 2. The molecule has 0 radical (unpaired) electrons. The first-order chi connectivity index (χ1) is 9.02. The van der Waals surface area contributed by atoms with Gasteiger partial charge in [-0.15, -0.1) is 0 Å². The van der Waals surface area contributed by atoms with Crippen LogP contribution in [0.2, 0.25) is 5.02 Å². The molecule has 0 aromatic heterocycles.